The summed E-state index contributed by atoms with van der Waals surface area (Å²) in [5, 5.41) is 14.6. The number of hydrogen-bond donors (Lipinski definition) is 1. The van der Waals surface area contributed by atoms with Crippen molar-refractivity contribution < 1.29 is 4.92 Å². The van der Waals surface area contributed by atoms with Gasteiger partial charge in [0.25, 0.3) is 5.69 Å². The molecule has 0 fully saturated rings. The summed E-state index contributed by atoms with van der Waals surface area (Å²) < 4.78 is 0.779. The molecule has 2 aromatic rings. The number of aryl methyl sites for hydroxylation is 1. The summed E-state index contributed by atoms with van der Waals surface area (Å²) >= 11 is 9.44. The van der Waals surface area contributed by atoms with Gasteiger partial charge in [0.1, 0.15) is 0 Å². The smallest absolute Gasteiger partial charge is 0.271 e. The highest BCUT2D eigenvalue weighted by atomic mass is 79.9. The number of nitrogens with one attached hydrogen (secondary N) is 1. The molecule has 104 valence electrons. The van der Waals surface area contributed by atoms with Crippen LogP contribution in [0.5, 0.6) is 0 Å². The van der Waals surface area contributed by atoms with E-state index in [1.165, 1.54) is 12.1 Å². The summed E-state index contributed by atoms with van der Waals surface area (Å²) in [6.07, 6.45) is 0. The Hall–Kier alpha value is -1.59. The molecule has 0 aliphatic heterocycles. The van der Waals surface area contributed by atoms with Crippen LogP contribution in [0.3, 0.4) is 0 Å². The number of halogens is 2. The van der Waals surface area contributed by atoms with Gasteiger partial charge in [-0.05, 0) is 46.1 Å². The standard InChI is InChI=1S/C14H12BrClN2O2/c1-9-2-3-10(6-13(9)16)8-17-14-7-11(18(19)20)4-5-12(14)15/h2-7,17H,8H2,1H3. The lowest BCUT2D eigenvalue weighted by Crippen LogP contribution is -2.01. The molecule has 2 aromatic carbocycles. The van der Waals surface area contributed by atoms with Crippen LogP contribution in [0.15, 0.2) is 40.9 Å². The number of nitrogens with zero attached hydrogens (tertiary/aromatic N) is 1. The van der Waals surface area contributed by atoms with Gasteiger partial charge in [0.2, 0.25) is 0 Å². The van der Waals surface area contributed by atoms with Gasteiger partial charge < -0.3 is 5.32 Å². The van der Waals surface area contributed by atoms with Gasteiger partial charge in [-0.2, -0.15) is 0 Å². The Bertz CT molecular complexity index is 662. The van der Waals surface area contributed by atoms with Crippen molar-refractivity contribution in [3.05, 3.63) is 67.1 Å². The normalized spacial score (nSPS) is 10.3. The molecule has 0 atom stereocenters. The van der Waals surface area contributed by atoms with Crippen molar-refractivity contribution in [1.82, 2.24) is 0 Å². The molecule has 0 heterocycles. The van der Waals surface area contributed by atoms with Gasteiger partial charge in [0, 0.05) is 28.2 Å². The first kappa shape index (κ1) is 14.8. The molecule has 4 nitrogen and oxygen atoms in total. The highest BCUT2D eigenvalue weighted by Gasteiger charge is 2.09. The summed E-state index contributed by atoms with van der Waals surface area (Å²) in [4.78, 5) is 10.3. The minimum Gasteiger partial charge on any atom is -0.380 e. The second kappa shape index (κ2) is 6.24. The minimum atomic E-state index is -0.416. The van der Waals surface area contributed by atoms with E-state index in [0.29, 0.717) is 17.3 Å². The summed E-state index contributed by atoms with van der Waals surface area (Å²) in [6, 6.07) is 10.4. The van der Waals surface area contributed by atoms with Crippen LogP contribution < -0.4 is 5.32 Å². The SMILES string of the molecule is Cc1ccc(CNc2cc([N+](=O)[O-])ccc2Br)cc1Cl. The zero-order chi connectivity index (χ0) is 14.7. The maximum Gasteiger partial charge on any atom is 0.271 e. The predicted molar refractivity (Wildman–Crippen MR) is 84.3 cm³/mol. The van der Waals surface area contributed by atoms with Crippen LogP contribution in [0.4, 0.5) is 11.4 Å². The number of hydrogen-bond acceptors (Lipinski definition) is 3. The molecule has 0 spiro atoms. The van der Waals surface area contributed by atoms with Crippen molar-refractivity contribution in [1.29, 1.82) is 0 Å². The van der Waals surface area contributed by atoms with E-state index in [-0.39, 0.29) is 5.69 Å². The molecule has 6 heteroatoms. The Labute approximate surface area is 130 Å². The van der Waals surface area contributed by atoms with Crippen LogP contribution >= 0.6 is 27.5 Å². The van der Waals surface area contributed by atoms with Gasteiger partial charge in [-0.25, -0.2) is 0 Å². The largest absolute Gasteiger partial charge is 0.380 e. The third-order valence-electron chi connectivity index (χ3n) is 2.88. The third-order valence-corrected chi connectivity index (χ3v) is 3.98. The Balaban J connectivity index is 2.15. The van der Waals surface area contributed by atoms with E-state index < -0.39 is 4.92 Å². The molecule has 0 saturated heterocycles. The van der Waals surface area contributed by atoms with Gasteiger partial charge in [-0.15, -0.1) is 0 Å². The topological polar surface area (TPSA) is 55.2 Å². The first-order valence-electron chi connectivity index (χ1n) is 5.90. The van der Waals surface area contributed by atoms with Crippen LogP contribution in [-0.4, -0.2) is 4.92 Å². The zero-order valence-electron chi connectivity index (χ0n) is 10.7. The summed E-state index contributed by atoms with van der Waals surface area (Å²) in [6.45, 7) is 2.48. The molecular formula is C14H12BrClN2O2. The molecule has 0 unspecified atom stereocenters. The fourth-order valence-electron chi connectivity index (χ4n) is 1.71. The molecule has 0 aliphatic carbocycles. The van der Waals surface area contributed by atoms with Crippen LogP contribution in [-0.2, 0) is 6.54 Å². The maximum absolute atomic E-state index is 10.8. The van der Waals surface area contributed by atoms with E-state index in [9.17, 15) is 10.1 Å². The number of rotatable bonds is 4. The first-order chi connectivity index (χ1) is 9.47. The van der Waals surface area contributed by atoms with Crippen molar-refractivity contribution in [2.45, 2.75) is 13.5 Å². The molecule has 1 N–H and O–H groups in total. The van der Waals surface area contributed by atoms with Gasteiger partial charge in [0.15, 0.2) is 0 Å². The number of non-ortho nitro benzene ring substituents is 1. The van der Waals surface area contributed by atoms with E-state index in [1.54, 1.807) is 6.07 Å². The van der Waals surface area contributed by atoms with Gasteiger partial charge >= 0.3 is 0 Å². The van der Waals surface area contributed by atoms with Crippen LogP contribution in [0.2, 0.25) is 5.02 Å². The lowest BCUT2D eigenvalue weighted by Gasteiger charge is -2.09. The van der Waals surface area contributed by atoms with E-state index in [2.05, 4.69) is 21.2 Å². The van der Waals surface area contributed by atoms with Gasteiger partial charge in [-0.1, -0.05) is 23.7 Å². The first-order valence-corrected chi connectivity index (χ1v) is 7.07. The second-order valence-corrected chi connectivity index (χ2v) is 5.62. The van der Waals surface area contributed by atoms with Crippen molar-refractivity contribution in [2.75, 3.05) is 5.32 Å². The Morgan fingerprint density at radius 3 is 2.70 bits per heavy atom. The Kier molecular flexibility index (Phi) is 4.62. The monoisotopic (exact) mass is 354 g/mol. The van der Waals surface area contributed by atoms with E-state index in [4.69, 9.17) is 11.6 Å². The molecule has 0 aromatic heterocycles. The van der Waals surface area contributed by atoms with Crippen molar-refractivity contribution >= 4 is 38.9 Å². The summed E-state index contributed by atoms with van der Waals surface area (Å²) in [5.41, 5.74) is 2.76. The molecule has 0 radical (unpaired) electrons. The zero-order valence-corrected chi connectivity index (χ0v) is 13.0. The molecule has 0 bridgehead atoms. The summed E-state index contributed by atoms with van der Waals surface area (Å²) in [5.74, 6) is 0. The van der Waals surface area contributed by atoms with Crippen LogP contribution in [0, 0.1) is 17.0 Å². The van der Waals surface area contributed by atoms with Gasteiger partial charge in [-0.3, -0.25) is 10.1 Å². The van der Waals surface area contributed by atoms with Crippen molar-refractivity contribution in [2.24, 2.45) is 0 Å². The van der Waals surface area contributed by atoms with E-state index in [0.717, 1.165) is 15.6 Å². The van der Waals surface area contributed by atoms with Crippen molar-refractivity contribution in [3.8, 4) is 0 Å². The molecule has 0 aliphatic rings. The molecule has 0 saturated carbocycles. The Morgan fingerprint density at radius 2 is 2.05 bits per heavy atom. The molecule has 2 rings (SSSR count). The number of anilines is 1. The minimum absolute atomic E-state index is 0.0534. The average Bonchev–Trinajstić information content (AvgIpc) is 2.41. The maximum atomic E-state index is 10.8. The summed E-state index contributed by atoms with van der Waals surface area (Å²) in [7, 11) is 0. The highest BCUT2D eigenvalue weighted by Crippen LogP contribution is 2.27. The third kappa shape index (κ3) is 3.49. The van der Waals surface area contributed by atoms with E-state index >= 15 is 0 Å². The van der Waals surface area contributed by atoms with Crippen LogP contribution in [0.25, 0.3) is 0 Å². The fraction of sp³-hybridized carbons (Fsp3) is 0.143. The highest BCUT2D eigenvalue weighted by molar-refractivity contribution is 9.10. The van der Waals surface area contributed by atoms with Crippen molar-refractivity contribution in [3.63, 3.8) is 0 Å². The molecule has 20 heavy (non-hydrogen) atoms. The lowest BCUT2D eigenvalue weighted by atomic mass is 10.1. The quantitative estimate of drug-likeness (QED) is 0.625. The molecular weight excluding hydrogens is 344 g/mol. The average molecular weight is 356 g/mol. The number of nitro groups is 1. The van der Waals surface area contributed by atoms with Gasteiger partial charge in [0.05, 0.1) is 10.6 Å². The Morgan fingerprint density at radius 1 is 1.30 bits per heavy atom. The fourth-order valence-corrected chi connectivity index (χ4v) is 2.30. The van der Waals surface area contributed by atoms with E-state index in [1.807, 2.05) is 25.1 Å². The second-order valence-electron chi connectivity index (χ2n) is 4.36. The van der Waals surface area contributed by atoms with Crippen LogP contribution in [0.1, 0.15) is 11.1 Å². The number of benzene rings is 2. The molecule has 0 amide bonds. The predicted octanol–water partition coefficient (Wildman–Crippen LogP) is 4.93. The lowest BCUT2D eigenvalue weighted by molar-refractivity contribution is -0.384. The number of nitro benzene ring substituents is 1.